The van der Waals surface area contributed by atoms with Crippen molar-refractivity contribution in [1.82, 2.24) is 30.0 Å². The summed E-state index contributed by atoms with van der Waals surface area (Å²) in [6, 6.07) is 9.69. The van der Waals surface area contributed by atoms with Crippen molar-refractivity contribution in [3.05, 3.63) is 30.3 Å². The summed E-state index contributed by atoms with van der Waals surface area (Å²) in [6.07, 6.45) is 1.72. The van der Waals surface area contributed by atoms with Crippen molar-refractivity contribution in [1.29, 1.82) is 0 Å². The Bertz CT molecular complexity index is 835. The maximum absolute atomic E-state index is 12.9. The van der Waals surface area contributed by atoms with E-state index in [0.717, 1.165) is 18.5 Å². The quantitative estimate of drug-likeness (QED) is 0.764. The first-order chi connectivity index (χ1) is 13.0. The predicted molar refractivity (Wildman–Crippen MR) is 98.3 cm³/mol. The van der Waals surface area contributed by atoms with E-state index in [-0.39, 0.29) is 30.3 Å². The van der Waals surface area contributed by atoms with Crippen LogP contribution in [0.3, 0.4) is 0 Å². The lowest BCUT2D eigenvalue weighted by molar-refractivity contribution is -0.145. The predicted octanol–water partition coefficient (Wildman–Crippen LogP) is 0.178. The van der Waals surface area contributed by atoms with E-state index in [9.17, 15) is 9.59 Å². The molecule has 3 aliphatic rings. The van der Waals surface area contributed by atoms with E-state index in [1.54, 1.807) is 23.7 Å². The number of aromatic nitrogens is 4. The van der Waals surface area contributed by atoms with Crippen molar-refractivity contribution in [3.63, 3.8) is 0 Å². The van der Waals surface area contributed by atoms with Crippen LogP contribution in [-0.4, -0.2) is 81.6 Å². The number of benzene rings is 1. The zero-order chi connectivity index (χ0) is 19.0. The number of hydrogen-bond acceptors (Lipinski definition) is 6. The van der Waals surface area contributed by atoms with Crippen LogP contribution in [-0.2, 0) is 9.59 Å². The van der Waals surface area contributed by atoms with Gasteiger partial charge in [-0.05, 0) is 35.4 Å². The lowest BCUT2D eigenvalue weighted by Gasteiger charge is -2.35. The SMILES string of the molecule is CN(C)C(=O)CN1C(=O)[C@@H]2CC[C@H]1CN(c1nnnn1-c1ccccc1)C2. The molecule has 2 aromatic rings. The lowest BCUT2D eigenvalue weighted by Crippen LogP contribution is -2.51. The number of amides is 2. The zero-order valence-corrected chi connectivity index (χ0v) is 15.5. The summed E-state index contributed by atoms with van der Waals surface area (Å²) in [5, 5.41) is 12.2. The molecule has 27 heavy (non-hydrogen) atoms. The highest BCUT2D eigenvalue weighted by Gasteiger charge is 2.42. The van der Waals surface area contributed by atoms with E-state index >= 15 is 0 Å². The molecule has 4 heterocycles. The molecule has 9 nitrogen and oxygen atoms in total. The third kappa shape index (κ3) is 3.24. The second-order valence-electron chi connectivity index (χ2n) is 7.31. The molecule has 0 radical (unpaired) electrons. The number of carbonyl (C=O) groups excluding carboxylic acids is 2. The number of tetrazole rings is 1. The topological polar surface area (TPSA) is 87.5 Å². The minimum Gasteiger partial charge on any atom is -0.347 e. The third-order valence-corrected chi connectivity index (χ3v) is 5.33. The van der Waals surface area contributed by atoms with Crippen molar-refractivity contribution in [2.75, 3.05) is 38.6 Å². The van der Waals surface area contributed by atoms with E-state index in [1.165, 1.54) is 4.90 Å². The van der Waals surface area contributed by atoms with E-state index in [0.29, 0.717) is 19.0 Å². The van der Waals surface area contributed by atoms with Gasteiger partial charge < -0.3 is 14.7 Å². The second-order valence-corrected chi connectivity index (χ2v) is 7.31. The zero-order valence-electron chi connectivity index (χ0n) is 15.5. The lowest BCUT2D eigenvalue weighted by atomic mass is 9.94. The van der Waals surface area contributed by atoms with Gasteiger partial charge in [0.15, 0.2) is 0 Å². The number of para-hydroxylation sites is 1. The molecule has 0 saturated carbocycles. The number of rotatable bonds is 4. The Morgan fingerprint density at radius 3 is 2.70 bits per heavy atom. The van der Waals surface area contributed by atoms with Gasteiger partial charge in [-0.1, -0.05) is 23.3 Å². The molecule has 3 saturated heterocycles. The number of hydrogen-bond donors (Lipinski definition) is 0. The summed E-state index contributed by atoms with van der Waals surface area (Å²) >= 11 is 0. The standard InChI is InChI=1S/C18H23N7O2/c1-22(2)16(26)12-24-15-9-8-13(17(24)27)10-23(11-15)18-19-20-21-25(18)14-6-4-3-5-7-14/h3-7,13,15H,8-12H2,1-2H3/t13-,15+/m1/s1. The van der Waals surface area contributed by atoms with Crippen LogP contribution in [0.4, 0.5) is 5.95 Å². The Balaban J connectivity index is 1.61. The smallest absolute Gasteiger partial charge is 0.250 e. The van der Waals surface area contributed by atoms with Crippen LogP contribution >= 0.6 is 0 Å². The van der Waals surface area contributed by atoms with Gasteiger partial charge in [0.05, 0.1) is 11.6 Å². The summed E-state index contributed by atoms with van der Waals surface area (Å²) < 4.78 is 1.70. The molecular weight excluding hydrogens is 346 g/mol. The van der Waals surface area contributed by atoms with Crippen molar-refractivity contribution >= 4 is 17.8 Å². The van der Waals surface area contributed by atoms with Gasteiger partial charge in [0.2, 0.25) is 17.8 Å². The van der Waals surface area contributed by atoms with E-state index < -0.39 is 0 Å². The van der Waals surface area contributed by atoms with Crippen molar-refractivity contribution in [2.24, 2.45) is 5.92 Å². The second kappa shape index (κ2) is 6.98. The minimum absolute atomic E-state index is 0.0129. The molecule has 5 rings (SSSR count). The fourth-order valence-corrected chi connectivity index (χ4v) is 3.81. The summed E-state index contributed by atoms with van der Waals surface area (Å²) in [5.74, 6) is 0.491. The maximum Gasteiger partial charge on any atom is 0.250 e. The van der Waals surface area contributed by atoms with Gasteiger partial charge in [0.1, 0.15) is 6.54 Å². The first kappa shape index (κ1) is 17.4. The van der Waals surface area contributed by atoms with Crippen LogP contribution in [0.2, 0.25) is 0 Å². The van der Waals surface area contributed by atoms with Crippen LogP contribution in [0.15, 0.2) is 30.3 Å². The summed E-state index contributed by atoms with van der Waals surface area (Å²) in [4.78, 5) is 30.4. The third-order valence-electron chi connectivity index (χ3n) is 5.33. The van der Waals surface area contributed by atoms with Gasteiger partial charge in [-0.2, -0.15) is 4.68 Å². The van der Waals surface area contributed by atoms with Gasteiger partial charge in [0, 0.05) is 33.2 Å². The average molecular weight is 369 g/mol. The van der Waals surface area contributed by atoms with Gasteiger partial charge in [0.25, 0.3) is 0 Å². The molecule has 0 aliphatic carbocycles. The van der Waals surface area contributed by atoms with Crippen molar-refractivity contribution in [2.45, 2.75) is 18.9 Å². The number of likely N-dealkylation sites (N-methyl/N-ethyl adjacent to an activating group) is 1. The normalized spacial score (nSPS) is 22.1. The molecule has 9 heteroatoms. The number of nitrogens with zero attached hydrogens (tertiary/aromatic N) is 7. The number of carbonyl (C=O) groups is 2. The molecule has 0 spiro atoms. The monoisotopic (exact) mass is 369 g/mol. The molecule has 1 aromatic heterocycles. The van der Waals surface area contributed by atoms with E-state index in [4.69, 9.17) is 0 Å². The number of fused-ring (bicyclic) bond motifs is 4. The first-order valence-corrected chi connectivity index (χ1v) is 9.14. The van der Waals surface area contributed by atoms with Crippen LogP contribution in [0.1, 0.15) is 12.8 Å². The summed E-state index contributed by atoms with van der Waals surface area (Å²) in [6.45, 7) is 1.32. The molecule has 142 valence electrons. The van der Waals surface area contributed by atoms with Crippen molar-refractivity contribution in [3.8, 4) is 5.69 Å². The Morgan fingerprint density at radius 2 is 1.96 bits per heavy atom. The Labute approximate surface area is 157 Å². The first-order valence-electron chi connectivity index (χ1n) is 9.14. The highest BCUT2D eigenvalue weighted by molar-refractivity contribution is 5.87. The van der Waals surface area contributed by atoms with Gasteiger partial charge in [-0.3, -0.25) is 9.59 Å². The van der Waals surface area contributed by atoms with Crippen LogP contribution in [0.25, 0.3) is 5.69 Å². The highest BCUT2D eigenvalue weighted by atomic mass is 16.2. The van der Waals surface area contributed by atoms with Gasteiger partial charge in [-0.25, -0.2) is 0 Å². The van der Waals surface area contributed by atoms with Gasteiger partial charge >= 0.3 is 0 Å². The number of anilines is 1. The molecule has 2 amide bonds. The highest BCUT2D eigenvalue weighted by Crippen LogP contribution is 2.31. The van der Waals surface area contributed by atoms with Crippen LogP contribution < -0.4 is 4.90 Å². The molecule has 0 N–H and O–H groups in total. The molecule has 2 atom stereocenters. The van der Waals surface area contributed by atoms with Crippen LogP contribution in [0, 0.1) is 5.92 Å². The van der Waals surface area contributed by atoms with Crippen LogP contribution in [0.5, 0.6) is 0 Å². The minimum atomic E-state index is -0.139. The van der Waals surface area contributed by atoms with E-state index in [2.05, 4.69) is 20.4 Å². The number of piperidine rings is 1. The molecule has 2 bridgehead atoms. The summed E-state index contributed by atoms with van der Waals surface area (Å²) in [5.41, 5.74) is 0.875. The Hall–Kier alpha value is -2.97. The average Bonchev–Trinajstić information content (AvgIpc) is 3.01. The molecule has 3 fully saturated rings. The summed E-state index contributed by atoms with van der Waals surface area (Å²) in [7, 11) is 3.42. The fourth-order valence-electron chi connectivity index (χ4n) is 3.81. The van der Waals surface area contributed by atoms with Gasteiger partial charge in [-0.15, -0.1) is 0 Å². The molecule has 0 unspecified atom stereocenters. The molecule has 1 aromatic carbocycles. The largest absolute Gasteiger partial charge is 0.347 e. The Morgan fingerprint density at radius 1 is 1.19 bits per heavy atom. The fraction of sp³-hybridized carbons (Fsp3) is 0.500. The van der Waals surface area contributed by atoms with Crippen molar-refractivity contribution < 1.29 is 9.59 Å². The van der Waals surface area contributed by atoms with E-state index in [1.807, 2.05) is 30.3 Å². The molecule has 3 aliphatic heterocycles. The maximum atomic E-state index is 12.9. The molecular formula is C18H23N7O2. The Kier molecular flexibility index (Phi) is 4.51.